The zero-order valence-corrected chi connectivity index (χ0v) is 10.5. The summed E-state index contributed by atoms with van der Waals surface area (Å²) < 4.78 is 15.9. The molecule has 0 bridgehead atoms. The number of likely N-dealkylation sites (tertiary alicyclic amines) is 1. The van der Waals surface area contributed by atoms with Gasteiger partial charge in [-0.15, -0.1) is 0 Å². The van der Waals surface area contributed by atoms with Crippen LogP contribution in [-0.4, -0.2) is 55.5 Å². The summed E-state index contributed by atoms with van der Waals surface area (Å²) in [5.41, 5.74) is 0. The topological polar surface area (TPSA) is 72.1 Å². The summed E-state index contributed by atoms with van der Waals surface area (Å²) >= 11 is 0. The van der Waals surface area contributed by atoms with Gasteiger partial charge in [-0.2, -0.15) is 0 Å². The van der Waals surface area contributed by atoms with E-state index < -0.39 is 5.97 Å². The van der Waals surface area contributed by atoms with Crippen molar-refractivity contribution in [1.29, 1.82) is 0 Å². The Balaban J connectivity index is 1.95. The Labute approximate surface area is 105 Å². The van der Waals surface area contributed by atoms with Gasteiger partial charge < -0.3 is 19.0 Å². The lowest BCUT2D eigenvalue weighted by atomic mass is 10.3. The van der Waals surface area contributed by atoms with E-state index in [-0.39, 0.29) is 18.0 Å². The number of aromatic carboxylic acids is 1. The van der Waals surface area contributed by atoms with E-state index in [1.165, 1.54) is 6.07 Å². The third kappa shape index (κ3) is 2.72. The maximum atomic E-state index is 10.7. The van der Waals surface area contributed by atoms with Crippen molar-refractivity contribution in [3.05, 3.63) is 23.7 Å². The second kappa shape index (κ2) is 5.51. The summed E-state index contributed by atoms with van der Waals surface area (Å²) in [4.78, 5) is 12.8. The monoisotopic (exact) mass is 255 g/mol. The molecule has 2 heterocycles. The van der Waals surface area contributed by atoms with Crippen molar-refractivity contribution in [2.75, 3.05) is 27.3 Å². The van der Waals surface area contributed by atoms with Crippen LogP contribution in [0.1, 0.15) is 16.3 Å². The summed E-state index contributed by atoms with van der Waals surface area (Å²) in [6, 6.07) is 3.15. The van der Waals surface area contributed by atoms with Crippen LogP contribution in [0.4, 0.5) is 0 Å². The zero-order chi connectivity index (χ0) is 13.1. The number of hydrogen-bond acceptors (Lipinski definition) is 5. The molecule has 6 heteroatoms. The molecule has 2 atom stereocenters. The molecule has 1 aromatic heterocycles. The molecule has 100 valence electrons. The summed E-state index contributed by atoms with van der Waals surface area (Å²) in [5, 5.41) is 8.77. The number of carboxylic acids is 1. The smallest absolute Gasteiger partial charge is 0.371 e. The van der Waals surface area contributed by atoms with Crippen LogP contribution in [0.2, 0.25) is 0 Å². The highest BCUT2D eigenvalue weighted by Gasteiger charge is 2.33. The minimum atomic E-state index is -1.05. The highest BCUT2D eigenvalue weighted by molar-refractivity contribution is 5.84. The van der Waals surface area contributed by atoms with Gasteiger partial charge in [-0.25, -0.2) is 4.79 Å². The van der Waals surface area contributed by atoms with E-state index in [1.807, 2.05) is 0 Å². The first kappa shape index (κ1) is 13.1. The minimum Gasteiger partial charge on any atom is -0.475 e. The fourth-order valence-corrected chi connectivity index (χ4v) is 2.20. The number of rotatable bonds is 5. The van der Waals surface area contributed by atoms with Gasteiger partial charge in [0.2, 0.25) is 5.76 Å². The fraction of sp³-hybridized carbons (Fsp3) is 0.583. The first-order valence-corrected chi connectivity index (χ1v) is 5.74. The lowest BCUT2D eigenvalue weighted by molar-refractivity contribution is -0.00461. The van der Waals surface area contributed by atoms with Crippen molar-refractivity contribution in [2.45, 2.75) is 18.8 Å². The highest BCUT2D eigenvalue weighted by Crippen LogP contribution is 2.19. The Bertz CT molecular complexity index is 404. The van der Waals surface area contributed by atoms with Crippen LogP contribution in [-0.2, 0) is 16.0 Å². The van der Waals surface area contributed by atoms with Gasteiger partial charge in [0.25, 0.3) is 0 Å². The highest BCUT2D eigenvalue weighted by atomic mass is 16.5. The third-order valence-electron chi connectivity index (χ3n) is 3.15. The second-order valence-corrected chi connectivity index (χ2v) is 4.31. The maximum absolute atomic E-state index is 10.7. The van der Waals surface area contributed by atoms with Gasteiger partial charge in [0.15, 0.2) is 0 Å². The molecule has 0 amide bonds. The molecular weight excluding hydrogens is 238 g/mol. The molecule has 0 aromatic carbocycles. The number of methoxy groups -OCH3 is 2. The zero-order valence-electron chi connectivity index (χ0n) is 10.5. The van der Waals surface area contributed by atoms with Gasteiger partial charge >= 0.3 is 5.97 Å². The molecule has 18 heavy (non-hydrogen) atoms. The van der Waals surface area contributed by atoms with Crippen molar-refractivity contribution in [3.8, 4) is 0 Å². The maximum Gasteiger partial charge on any atom is 0.371 e. The Morgan fingerprint density at radius 3 is 2.44 bits per heavy atom. The quantitative estimate of drug-likeness (QED) is 0.840. The molecule has 1 saturated heterocycles. The molecule has 0 saturated carbocycles. The predicted molar refractivity (Wildman–Crippen MR) is 62.5 cm³/mol. The summed E-state index contributed by atoms with van der Waals surface area (Å²) in [5.74, 6) is -0.443. The molecule has 2 unspecified atom stereocenters. The Kier molecular flexibility index (Phi) is 4.00. The van der Waals surface area contributed by atoms with E-state index in [4.69, 9.17) is 19.0 Å². The summed E-state index contributed by atoms with van der Waals surface area (Å²) in [6.07, 6.45) is 0.0906. The lowest BCUT2D eigenvalue weighted by Crippen LogP contribution is -2.27. The van der Waals surface area contributed by atoms with Crippen molar-refractivity contribution >= 4 is 5.97 Å². The van der Waals surface area contributed by atoms with Gasteiger partial charge in [0, 0.05) is 27.3 Å². The SMILES string of the molecule is COC1CN(Cc2ccc(C(=O)O)o2)CC1OC. The second-order valence-electron chi connectivity index (χ2n) is 4.31. The van der Waals surface area contributed by atoms with Crippen LogP contribution in [0, 0.1) is 0 Å². The first-order chi connectivity index (χ1) is 8.63. The number of carbonyl (C=O) groups is 1. The molecule has 0 aliphatic carbocycles. The van der Waals surface area contributed by atoms with Gasteiger partial charge in [0.05, 0.1) is 18.8 Å². The van der Waals surface area contributed by atoms with Crippen molar-refractivity contribution in [2.24, 2.45) is 0 Å². The van der Waals surface area contributed by atoms with Gasteiger partial charge in [-0.3, -0.25) is 4.90 Å². The normalized spacial score (nSPS) is 24.6. The Hall–Kier alpha value is -1.37. The van der Waals surface area contributed by atoms with Crippen LogP contribution in [0.3, 0.4) is 0 Å². The van der Waals surface area contributed by atoms with Crippen molar-refractivity contribution in [3.63, 3.8) is 0 Å². The number of furan rings is 1. The van der Waals surface area contributed by atoms with E-state index in [0.717, 1.165) is 13.1 Å². The standard InChI is InChI=1S/C12H17NO5/c1-16-10-6-13(7-11(10)17-2)5-8-3-4-9(18-8)12(14)15/h3-4,10-11H,5-7H2,1-2H3,(H,14,15). The molecule has 6 nitrogen and oxygen atoms in total. The molecule has 1 aliphatic heterocycles. The van der Waals surface area contributed by atoms with Gasteiger partial charge in [-0.05, 0) is 12.1 Å². The van der Waals surface area contributed by atoms with E-state index >= 15 is 0 Å². The van der Waals surface area contributed by atoms with E-state index in [9.17, 15) is 4.79 Å². The molecule has 2 rings (SSSR count). The van der Waals surface area contributed by atoms with E-state index in [0.29, 0.717) is 12.3 Å². The number of carboxylic acid groups (broad SMARTS) is 1. The molecule has 0 spiro atoms. The fourth-order valence-electron chi connectivity index (χ4n) is 2.20. The average Bonchev–Trinajstić information content (AvgIpc) is 2.95. The summed E-state index contributed by atoms with van der Waals surface area (Å²) in [6.45, 7) is 2.06. The molecule has 1 aromatic rings. The Morgan fingerprint density at radius 1 is 1.39 bits per heavy atom. The predicted octanol–water partition coefficient (Wildman–Crippen LogP) is 0.823. The van der Waals surface area contributed by atoms with E-state index in [1.54, 1.807) is 20.3 Å². The van der Waals surface area contributed by atoms with Gasteiger partial charge in [0.1, 0.15) is 5.76 Å². The molecular formula is C12H17NO5. The number of ether oxygens (including phenoxy) is 2. The molecule has 1 N–H and O–H groups in total. The molecule has 1 aliphatic rings. The molecule has 0 radical (unpaired) electrons. The average molecular weight is 255 g/mol. The van der Waals surface area contributed by atoms with Crippen molar-refractivity contribution in [1.82, 2.24) is 4.90 Å². The summed E-state index contributed by atoms with van der Waals surface area (Å²) in [7, 11) is 3.32. The Morgan fingerprint density at radius 2 is 2.00 bits per heavy atom. The first-order valence-electron chi connectivity index (χ1n) is 5.74. The third-order valence-corrected chi connectivity index (χ3v) is 3.15. The number of hydrogen-bond donors (Lipinski definition) is 1. The van der Waals surface area contributed by atoms with Crippen LogP contribution in [0.15, 0.2) is 16.5 Å². The van der Waals surface area contributed by atoms with Crippen LogP contribution < -0.4 is 0 Å². The van der Waals surface area contributed by atoms with Crippen LogP contribution in [0.5, 0.6) is 0 Å². The van der Waals surface area contributed by atoms with Crippen molar-refractivity contribution < 1.29 is 23.8 Å². The minimum absolute atomic E-state index is 0.0317. The van der Waals surface area contributed by atoms with Crippen LogP contribution >= 0.6 is 0 Å². The largest absolute Gasteiger partial charge is 0.475 e. The lowest BCUT2D eigenvalue weighted by Gasteiger charge is -2.13. The molecule has 1 fully saturated rings. The van der Waals surface area contributed by atoms with E-state index in [2.05, 4.69) is 4.90 Å². The number of nitrogens with zero attached hydrogens (tertiary/aromatic N) is 1. The van der Waals surface area contributed by atoms with Gasteiger partial charge in [-0.1, -0.05) is 0 Å². The van der Waals surface area contributed by atoms with Crippen LogP contribution in [0.25, 0.3) is 0 Å².